The van der Waals surface area contributed by atoms with Gasteiger partial charge in [-0.2, -0.15) is 0 Å². The fourth-order valence-corrected chi connectivity index (χ4v) is 1.65. The number of rotatable bonds is 2. The van der Waals surface area contributed by atoms with E-state index in [1.54, 1.807) is 0 Å². The average molecular weight is 164 g/mol. The van der Waals surface area contributed by atoms with Gasteiger partial charge in [-0.15, -0.1) is 12.4 Å². The molecule has 1 N–H and O–H groups in total. The van der Waals surface area contributed by atoms with Gasteiger partial charge in [0.15, 0.2) is 0 Å². The maximum atomic E-state index is 3.42. The second-order valence-corrected chi connectivity index (χ2v) is 3.13. The lowest BCUT2D eigenvalue weighted by Crippen LogP contribution is -2.21. The highest BCUT2D eigenvalue weighted by Gasteiger charge is 2.29. The molecule has 1 heterocycles. The van der Waals surface area contributed by atoms with Gasteiger partial charge in [-0.25, -0.2) is 0 Å². The third-order valence-corrected chi connectivity index (χ3v) is 2.83. The summed E-state index contributed by atoms with van der Waals surface area (Å²) < 4.78 is 0. The Balaban J connectivity index is 0.000000810. The van der Waals surface area contributed by atoms with Crippen molar-refractivity contribution in [3.63, 3.8) is 0 Å². The van der Waals surface area contributed by atoms with E-state index < -0.39 is 0 Å². The number of nitrogens with one attached hydrogen (secondary N) is 1. The molecule has 1 aliphatic heterocycles. The van der Waals surface area contributed by atoms with Crippen LogP contribution in [0.4, 0.5) is 0 Å². The Kier molecular flexibility index (Phi) is 4.30. The van der Waals surface area contributed by atoms with Crippen LogP contribution in [0.2, 0.25) is 0 Å². The maximum absolute atomic E-state index is 3.42. The van der Waals surface area contributed by atoms with Gasteiger partial charge in [-0.3, -0.25) is 0 Å². The first-order valence-corrected chi connectivity index (χ1v) is 4.04. The van der Waals surface area contributed by atoms with Gasteiger partial charge >= 0.3 is 0 Å². The Hall–Kier alpha value is 0.250. The lowest BCUT2D eigenvalue weighted by Gasteiger charge is -2.23. The third-order valence-electron chi connectivity index (χ3n) is 2.83. The molecule has 1 nitrogen and oxygen atoms in total. The van der Waals surface area contributed by atoms with Crippen LogP contribution in [0.3, 0.4) is 0 Å². The van der Waals surface area contributed by atoms with Gasteiger partial charge in [0.1, 0.15) is 0 Å². The van der Waals surface area contributed by atoms with Crippen molar-refractivity contribution in [2.45, 2.75) is 33.1 Å². The predicted molar refractivity (Wildman–Crippen MR) is 47.7 cm³/mol. The third kappa shape index (κ3) is 1.86. The Bertz CT molecular complexity index is 81.3. The standard InChI is InChI=1S/C8H17N.ClH/c1-3-8(4-2)5-6-9-7-8;/h9H,3-7H2,1-2H3;1H. The lowest BCUT2D eigenvalue weighted by molar-refractivity contribution is 0.297. The minimum absolute atomic E-state index is 0. The Morgan fingerprint density at radius 2 is 1.90 bits per heavy atom. The van der Waals surface area contributed by atoms with Crippen molar-refractivity contribution < 1.29 is 0 Å². The molecule has 10 heavy (non-hydrogen) atoms. The van der Waals surface area contributed by atoms with Crippen LogP contribution in [0.1, 0.15) is 33.1 Å². The summed E-state index contributed by atoms with van der Waals surface area (Å²) in [5, 5.41) is 3.42. The first-order chi connectivity index (χ1) is 4.33. The minimum Gasteiger partial charge on any atom is -0.316 e. The van der Waals surface area contributed by atoms with E-state index in [9.17, 15) is 0 Å². The van der Waals surface area contributed by atoms with E-state index in [1.807, 2.05) is 0 Å². The van der Waals surface area contributed by atoms with Crippen molar-refractivity contribution in [3.05, 3.63) is 0 Å². The molecule has 62 valence electrons. The monoisotopic (exact) mass is 163 g/mol. The van der Waals surface area contributed by atoms with Crippen molar-refractivity contribution in [2.24, 2.45) is 5.41 Å². The van der Waals surface area contributed by atoms with Crippen LogP contribution in [0.15, 0.2) is 0 Å². The fourth-order valence-electron chi connectivity index (χ4n) is 1.65. The average Bonchev–Trinajstić information content (AvgIpc) is 2.36. The molecule has 0 spiro atoms. The van der Waals surface area contributed by atoms with Gasteiger partial charge in [0.05, 0.1) is 0 Å². The van der Waals surface area contributed by atoms with Crippen molar-refractivity contribution >= 4 is 12.4 Å². The van der Waals surface area contributed by atoms with Crippen LogP contribution >= 0.6 is 12.4 Å². The SMILES string of the molecule is CCC1(CC)CCNC1.Cl. The molecule has 1 aliphatic rings. The lowest BCUT2D eigenvalue weighted by atomic mass is 9.82. The van der Waals surface area contributed by atoms with E-state index in [4.69, 9.17) is 0 Å². The zero-order chi connectivity index (χ0) is 6.74. The van der Waals surface area contributed by atoms with Crippen LogP contribution in [-0.4, -0.2) is 13.1 Å². The van der Waals surface area contributed by atoms with Gasteiger partial charge in [-0.05, 0) is 31.2 Å². The summed E-state index contributed by atoms with van der Waals surface area (Å²) in [7, 11) is 0. The van der Waals surface area contributed by atoms with Crippen LogP contribution < -0.4 is 5.32 Å². The first-order valence-electron chi connectivity index (χ1n) is 4.04. The van der Waals surface area contributed by atoms with Gasteiger partial charge in [0.2, 0.25) is 0 Å². The molecular formula is C8H18ClN. The van der Waals surface area contributed by atoms with Crippen LogP contribution in [-0.2, 0) is 0 Å². The topological polar surface area (TPSA) is 12.0 Å². The quantitative estimate of drug-likeness (QED) is 0.659. The molecule has 1 rings (SSSR count). The maximum Gasteiger partial charge on any atom is 0.000808 e. The van der Waals surface area contributed by atoms with Crippen molar-refractivity contribution in [1.82, 2.24) is 5.32 Å². The van der Waals surface area contributed by atoms with Crippen molar-refractivity contribution in [3.8, 4) is 0 Å². The molecule has 0 atom stereocenters. The molecule has 1 fully saturated rings. The van der Waals surface area contributed by atoms with Gasteiger partial charge in [0, 0.05) is 6.54 Å². The van der Waals surface area contributed by atoms with Gasteiger partial charge < -0.3 is 5.32 Å². The summed E-state index contributed by atoms with van der Waals surface area (Å²) in [6.45, 7) is 7.09. The Morgan fingerprint density at radius 1 is 1.30 bits per heavy atom. The molecule has 0 saturated carbocycles. The summed E-state index contributed by atoms with van der Waals surface area (Å²) in [4.78, 5) is 0. The smallest absolute Gasteiger partial charge is 0.000808 e. The molecule has 0 aromatic heterocycles. The second kappa shape index (κ2) is 4.20. The van der Waals surface area contributed by atoms with E-state index in [1.165, 1.54) is 32.4 Å². The van der Waals surface area contributed by atoms with E-state index >= 15 is 0 Å². The van der Waals surface area contributed by atoms with Crippen LogP contribution in [0.25, 0.3) is 0 Å². The zero-order valence-corrected chi connectivity index (χ0v) is 7.76. The summed E-state index contributed by atoms with van der Waals surface area (Å²) in [6, 6.07) is 0. The molecule has 0 aromatic carbocycles. The summed E-state index contributed by atoms with van der Waals surface area (Å²) in [5.41, 5.74) is 0.667. The summed E-state index contributed by atoms with van der Waals surface area (Å²) in [6.07, 6.45) is 4.08. The molecule has 0 radical (unpaired) electrons. The highest BCUT2D eigenvalue weighted by atomic mass is 35.5. The number of halogens is 1. The van der Waals surface area contributed by atoms with E-state index in [0.29, 0.717) is 5.41 Å². The number of hydrogen-bond donors (Lipinski definition) is 1. The molecule has 0 amide bonds. The Morgan fingerprint density at radius 3 is 2.10 bits per heavy atom. The highest BCUT2D eigenvalue weighted by molar-refractivity contribution is 5.85. The largest absolute Gasteiger partial charge is 0.316 e. The van der Waals surface area contributed by atoms with Crippen LogP contribution in [0, 0.1) is 5.41 Å². The molecule has 0 bridgehead atoms. The highest BCUT2D eigenvalue weighted by Crippen LogP contribution is 2.32. The Labute approximate surface area is 70.0 Å². The van der Waals surface area contributed by atoms with E-state index in [2.05, 4.69) is 19.2 Å². The van der Waals surface area contributed by atoms with Crippen LogP contribution in [0.5, 0.6) is 0 Å². The minimum atomic E-state index is 0. The summed E-state index contributed by atoms with van der Waals surface area (Å²) >= 11 is 0. The summed E-state index contributed by atoms with van der Waals surface area (Å²) in [5.74, 6) is 0. The molecule has 1 saturated heterocycles. The predicted octanol–water partition coefficient (Wildman–Crippen LogP) is 2.21. The van der Waals surface area contributed by atoms with Crippen molar-refractivity contribution in [1.29, 1.82) is 0 Å². The van der Waals surface area contributed by atoms with Gasteiger partial charge in [-0.1, -0.05) is 13.8 Å². The van der Waals surface area contributed by atoms with E-state index in [0.717, 1.165) is 0 Å². The second-order valence-electron chi connectivity index (χ2n) is 3.13. The molecule has 0 aromatic rings. The molecule has 0 aliphatic carbocycles. The molecular weight excluding hydrogens is 146 g/mol. The molecule has 0 unspecified atom stereocenters. The first kappa shape index (κ1) is 10.2. The fraction of sp³-hybridized carbons (Fsp3) is 1.00. The van der Waals surface area contributed by atoms with Gasteiger partial charge in [0.25, 0.3) is 0 Å². The molecule has 2 heteroatoms. The van der Waals surface area contributed by atoms with Crippen molar-refractivity contribution in [2.75, 3.05) is 13.1 Å². The number of hydrogen-bond acceptors (Lipinski definition) is 1. The van der Waals surface area contributed by atoms with E-state index in [-0.39, 0.29) is 12.4 Å². The normalized spacial score (nSPS) is 22.2. The zero-order valence-electron chi connectivity index (χ0n) is 6.94.